The van der Waals surface area contributed by atoms with Gasteiger partial charge in [0.05, 0.1) is 32.8 Å². The first kappa shape index (κ1) is 14.9. The summed E-state index contributed by atoms with van der Waals surface area (Å²) in [7, 11) is 2.47. The zero-order valence-electron chi connectivity index (χ0n) is 14.1. The number of ether oxygens (including phenoxy) is 1. The summed E-state index contributed by atoms with van der Waals surface area (Å²) in [5, 5.41) is 1.16. The third-order valence-electron chi connectivity index (χ3n) is 6.06. The Morgan fingerprint density at radius 3 is 2.91 bits per heavy atom. The molecule has 0 spiro atoms. The van der Waals surface area contributed by atoms with E-state index in [4.69, 9.17) is 4.74 Å². The van der Waals surface area contributed by atoms with Gasteiger partial charge in [-0.05, 0) is 37.8 Å². The van der Waals surface area contributed by atoms with Crippen LogP contribution in [0.3, 0.4) is 0 Å². The molecule has 2 aromatic rings. The van der Waals surface area contributed by atoms with E-state index in [2.05, 4.69) is 36.3 Å². The first-order valence-electron chi connectivity index (χ1n) is 9.07. The number of fused-ring (bicyclic) bond motifs is 2. The lowest BCUT2D eigenvalue weighted by Gasteiger charge is -2.51. The van der Waals surface area contributed by atoms with Gasteiger partial charge < -0.3 is 9.22 Å². The number of aromatic nitrogens is 1. The number of hydrogen-bond acceptors (Lipinski definition) is 2. The molecule has 4 rings (SSSR count). The fraction of sp³-hybridized carbons (Fsp3) is 0.550. The number of benzene rings is 1. The van der Waals surface area contributed by atoms with Crippen LogP contribution in [0.5, 0.6) is 5.75 Å². The fourth-order valence-electron chi connectivity index (χ4n) is 4.82. The fourth-order valence-corrected chi connectivity index (χ4v) is 4.82. The van der Waals surface area contributed by atoms with Gasteiger partial charge in [0.15, 0.2) is 0 Å². The summed E-state index contributed by atoms with van der Waals surface area (Å²) in [6.45, 7) is 3.56. The van der Waals surface area contributed by atoms with E-state index in [9.17, 15) is 0 Å². The third-order valence-corrected chi connectivity index (χ3v) is 6.06. The average molecular weight is 311 g/mol. The molecule has 0 N–H and O–H groups in total. The molecule has 0 radical (unpaired) electrons. The van der Waals surface area contributed by atoms with E-state index in [1.165, 1.54) is 49.7 Å². The van der Waals surface area contributed by atoms with Crippen LogP contribution in [0.4, 0.5) is 0 Å². The summed E-state index contributed by atoms with van der Waals surface area (Å²) in [5.41, 5.74) is 0.992. The maximum absolute atomic E-state index is 6.28. The normalized spacial score (nSPS) is 30.8. The Hall–Kier alpha value is -1.61. The highest BCUT2D eigenvalue weighted by molar-refractivity contribution is 5.84. The average Bonchev–Trinajstić information content (AvgIpc) is 2.59. The van der Waals surface area contributed by atoms with E-state index in [1.807, 2.05) is 12.3 Å². The maximum atomic E-state index is 6.28. The third kappa shape index (κ3) is 2.83. The molecule has 3 heteroatoms. The molecule has 3 atom stereocenters. The molecule has 23 heavy (non-hydrogen) atoms. The highest BCUT2D eigenvalue weighted by Crippen LogP contribution is 2.36. The summed E-state index contributed by atoms with van der Waals surface area (Å²) in [4.78, 5) is 4.51. The van der Waals surface area contributed by atoms with Crippen molar-refractivity contribution in [1.29, 1.82) is 0 Å². The van der Waals surface area contributed by atoms with E-state index in [0.29, 0.717) is 5.92 Å². The number of hydrogen-bond donors (Lipinski definition) is 0. The van der Waals surface area contributed by atoms with Gasteiger partial charge in [0.1, 0.15) is 11.3 Å². The maximum Gasteiger partial charge on any atom is 0.145 e. The molecule has 1 aromatic carbocycles. The molecular formula is C20H27N2O+. The van der Waals surface area contributed by atoms with Crippen molar-refractivity contribution < 1.29 is 9.22 Å². The topological polar surface area (TPSA) is 22.1 Å². The lowest BCUT2D eigenvalue weighted by molar-refractivity contribution is -0.947. The molecule has 0 aliphatic carbocycles. The van der Waals surface area contributed by atoms with E-state index in [-0.39, 0.29) is 0 Å². The van der Waals surface area contributed by atoms with Crippen LogP contribution < -0.4 is 4.74 Å². The first-order chi connectivity index (χ1) is 11.3. The predicted molar refractivity (Wildman–Crippen MR) is 93.5 cm³/mol. The molecule has 0 unspecified atom stereocenters. The SMILES string of the molecule is C[N@+]12CCCC[C@H]1[C@@H](COc1cccc3cccnc13)CCC2. The number of rotatable bonds is 3. The van der Waals surface area contributed by atoms with Gasteiger partial charge in [-0.1, -0.05) is 18.2 Å². The van der Waals surface area contributed by atoms with Gasteiger partial charge in [0.25, 0.3) is 0 Å². The van der Waals surface area contributed by atoms with Gasteiger partial charge >= 0.3 is 0 Å². The number of piperidine rings is 2. The van der Waals surface area contributed by atoms with Gasteiger partial charge in [-0.3, -0.25) is 4.98 Å². The second kappa shape index (κ2) is 6.12. The summed E-state index contributed by atoms with van der Waals surface area (Å²) < 4.78 is 7.56. The highest BCUT2D eigenvalue weighted by Gasteiger charge is 2.43. The Balaban J connectivity index is 1.51. The number of quaternary nitrogens is 1. The molecule has 3 heterocycles. The second-order valence-electron chi connectivity index (χ2n) is 7.53. The zero-order chi connectivity index (χ0) is 15.7. The Bertz CT molecular complexity index is 677. The van der Waals surface area contributed by atoms with Gasteiger partial charge in [0, 0.05) is 23.9 Å². The number of pyridine rings is 1. The molecule has 2 aliphatic rings. The van der Waals surface area contributed by atoms with Crippen molar-refractivity contribution in [3.63, 3.8) is 0 Å². The van der Waals surface area contributed by atoms with Gasteiger partial charge in [-0.25, -0.2) is 0 Å². The molecule has 3 nitrogen and oxygen atoms in total. The molecule has 2 aliphatic heterocycles. The van der Waals surface area contributed by atoms with Crippen molar-refractivity contribution in [2.45, 2.75) is 38.1 Å². The van der Waals surface area contributed by atoms with Crippen LogP contribution in [0.25, 0.3) is 10.9 Å². The second-order valence-corrected chi connectivity index (χ2v) is 7.53. The van der Waals surface area contributed by atoms with Crippen LogP contribution in [0, 0.1) is 5.92 Å². The van der Waals surface area contributed by atoms with Crippen LogP contribution in [-0.4, -0.2) is 42.3 Å². The van der Waals surface area contributed by atoms with Crippen molar-refractivity contribution in [1.82, 2.24) is 4.98 Å². The van der Waals surface area contributed by atoms with Crippen molar-refractivity contribution in [3.8, 4) is 5.75 Å². The van der Waals surface area contributed by atoms with Crippen LogP contribution in [-0.2, 0) is 0 Å². The van der Waals surface area contributed by atoms with E-state index >= 15 is 0 Å². The van der Waals surface area contributed by atoms with E-state index < -0.39 is 0 Å². The monoisotopic (exact) mass is 311 g/mol. The van der Waals surface area contributed by atoms with E-state index in [1.54, 1.807) is 0 Å². The lowest BCUT2D eigenvalue weighted by Crippen LogP contribution is -2.61. The minimum atomic E-state index is 0.688. The Labute approximate surface area is 138 Å². The standard InChI is InChI=1S/C20H27N2O/c1-22-13-3-2-10-18(22)17(9-6-14-22)15-23-19-11-4-7-16-8-5-12-21-20(16)19/h4-5,7-8,11-12,17-18H,2-3,6,9-10,13-15H2,1H3/q+1/t17-,18+,22-/m1/s1. The molecule has 122 valence electrons. The molecule has 1 aromatic heterocycles. The van der Waals surface area contributed by atoms with Gasteiger partial charge in [-0.15, -0.1) is 0 Å². The highest BCUT2D eigenvalue weighted by atomic mass is 16.5. The van der Waals surface area contributed by atoms with Crippen LogP contribution in [0.2, 0.25) is 0 Å². The Morgan fingerprint density at radius 2 is 1.96 bits per heavy atom. The van der Waals surface area contributed by atoms with Crippen LogP contribution in [0.1, 0.15) is 32.1 Å². The largest absolute Gasteiger partial charge is 0.491 e. The predicted octanol–water partition coefficient (Wildman–Crippen LogP) is 4.02. The van der Waals surface area contributed by atoms with Crippen molar-refractivity contribution in [3.05, 3.63) is 36.5 Å². The molecule has 0 saturated carbocycles. The number of para-hydroxylation sites is 1. The Kier molecular flexibility index (Phi) is 3.98. The molecule has 0 bridgehead atoms. The number of nitrogens with zero attached hydrogens (tertiary/aromatic N) is 2. The lowest BCUT2D eigenvalue weighted by atomic mass is 9.82. The summed E-state index contributed by atoms with van der Waals surface area (Å²) in [6.07, 6.45) is 8.67. The zero-order valence-corrected chi connectivity index (χ0v) is 14.1. The quantitative estimate of drug-likeness (QED) is 0.799. The smallest absolute Gasteiger partial charge is 0.145 e. The van der Waals surface area contributed by atoms with Gasteiger partial charge in [0.2, 0.25) is 0 Å². The van der Waals surface area contributed by atoms with Crippen molar-refractivity contribution >= 4 is 10.9 Å². The summed E-state index contributed by atoms with van der Waals surface area (Å²) >= 11 is 0. The molecule has 0 amide bonds. The minimum absolute atomic E-state index is 0.688. The molecular weight excluding hydrogens is 284 g/mol. The van der Waals surface area contributed by atoms with Crippen molar-refractivity contribution in [2.24, 2.45) is 5.92 Å². The minimum Gasteiger partial charge on any atom is -0.491 e. The van der Waals surface area contributed by atoms with Crippen LogP contribution >= 0.6 is 0 Å². The summed E-state index contributed by atoms with van der Waals surface area (Å²) in [5.74, 6) is 1.63. The molecule has 2 fully saturated rings. The first-order valence-corrected chi connectivity index (χ1v) is 9.07. The Morgan fingerprint density at radius 1 is 1.09 bits per heavy atom. The molecule has 2 saturated heterocycles. The summed E-state index contributed by atoms with van der Waals surface area (Å²) in [6, 6.07) is 11.1. The van der Waals surface area contributed by atoms with Crippen LogP contribution in [0.15, 0.2) is 36.5 Å². The van der Waals surface area contributed by atoms with E-state index in [0.717, 1.165) is 29.3 Å². The van der Waals surface area contributed by atoms with Crippen molar-refractivity contribution in [2.75, 3.05) is 26.7 Å². The van der Waals surface area contributed by atoms with Gasteiger partial charge in [-0.2, -0.15) is 0 Å².